The van der Waals surface area contributed by atoms with Gasteiger partial charge in [0.05, 0.1) is 18.9 Å². The van der Waals surface area contributed by atoms with E-state index in [-0.39, 0.29) is 25.5 Å². The third kappa shape index (κ3) is 3.84. The van der Waals surface area contributed by atoms with Crippen LogP contribution in [0.5, 0.6) is 11.5 Å². The third-order valence-electron chi connectivity index (χ3n) is 3.72. The average Bonchev–Trinajstić information content (AvgIpc) is 3.02. The van der Waals surface area contributed by atoms with Gasteiger partial charge in [0.15, 0.2) is 11.5 Å². The number of carboxylic acids is 1. The van der Waals surface area contributed by atoms with Gasteiger partial charge in [-0.2, -0.15) is 0 Å². The Hall–Kier alpha value is -3.02. The van der Waals surface area contributed by atoms with Crippen LogP contribution in [-0.4, -0.2) is 23.8 Å². The van der Waals surface area contributed by atoms with Crippen LogP contribution < -0.4 is 14.8 Å². The van der Waals surface area contributed by atoms with Crippen molar-refractivity contribution in [2.75, 3.05) is 6.79 Å². The van der Waals surface area contributed by atoms with E-state index >= 15 is 0 Å². The first-order valence-electron chi connectivity index (χ1n) is 7.56. The van der Waals surface area contributed by atoms with Gasteiger partial charge in [0.1, 0.15) is 0 Å². The Labute approximate surface area is 139 Å². The maximum atomic E-state index is 12.3. The van der Waals surface area contributed by atoms with E-state index in [1.807, 2.05) is 30.3 Å². The molecule has 0 saturated heterocycles. The van der Waals surface area contributed by atoms with Gasteiger partial charge in [-0.25, -0.2) is 0 Å². The molecular formula is C18H17NO5. The molecule has 0 bridgehead atoms. The number of hydrogen-bond donors (Lipinski definition) is 2. The van der Waals surface area contributed by atoms with Crippen molar-refractivity contribution in [2.24, 2.45) is 0 Å². The number of fused-ring (bicyclic) bond motifs is 1. The molecule has 1 aliphatic rings. The topological polar surface area (TPSA) is 84.9 Å². The summed E-state index contributed by atoms with van der Waals surface area (Å²) < 4.78 is 10.6. The van der Waals surface area contributed by atoms with Crippen molar-refractivity contribution in [1.29, 1.82) is 0 Å². The fraction of sp³-hybridized carbons (Fsp3) is 0.222. The summed E-state index contributed by atoms with van der Waals surface area (Å²) in [6.07, 6.45) is -0.0122. The predicted octanol–water partition coefficient (Wildman–Crippen LogP) is 2.29. The van der Waals surface area contributed by atoms with Gasteiger partial charge in [0.25, 0.3) is 0 Å². The molecule has 3 rings (SSSR count). The van der Waals surface area contributed by atoms with Crippen LogP contribution in [0.3, 0.4) is 0 Å². The molecule has 0 saturated carbocycles. The van der Waals surface area contributed by atoms with Gasteiger partial charge in [0, 0.05) is 0 Å². The second-order valence-electron chi connectivity index (χ2n) is 5.49. The Morgan fingerprint density at radius 2 is 1.83 bits per heavy atom. The molecular weight excluding hydrogens is 310 g/mol. The summed E-state index contributed by atoms with van der Waals surface area (Å²) in [7, 11) is 0. The molecule has 2 N–H and O–H groups in total. The molecule has 2 aromatic rings. The van der Waals surface area contributed by atoms with Crippen molar-refractivity contribution in [3.63, 3.8) is 0 Å². The number of carbonyl (C=O) groups excluding carboxylic acids is 1. The Bertz CT molecular complexity index is 744. The van der Waals surface area contributed by atoms with Gasteiger partial charge in [-0.1, -0.05) is 36.4 Å². The second-order valence-corrected chi connectivity index (χ2v) is 5.49. The summed E-state index contributed by atoms with van der Waals surface area (Å²) in [5.74, 6) is -0.0496. The van der Waals surface area contributed by atoms with Gasteiger partial charge < -0.3 is 19.9 Å². The van der Waals surface area contributed by atoms with E-state index in [1.165, 1.54) is 0 Å². The lowest BCUT2D eigenvalue weighted by molar-refractivity contribution is -0.137. The molecule has 0 aromatic heterocycles. The largest absolute Gasteiger partial charge is 0.481 e. The van der Waals surface area contributed by atoms with Crippen molar-refractivity contribution in [2.45, 2.75) is 18.9 Å². The van der Waals surface area contributed by atoms with Gasteiger partial charge in [-0.3, -0.25) is 9.59 Å². The fourth-order valence-corrected chi connectivity index (χ4v) is 2.58. The fourth-order valence-electron chi connectivity index (χ4n) is 2.58. The number of ether oxygens (including phenoxy) is 2. The lowest BCUT2D eigenvalue weighted by atomic mass is 10.0. The van der Waals surface area contributed by atoms with Crippen LogP contribution in [0, 0.1) is 0 Å². The normalized spacial score (nSPS) is 13.3. The summed E-state index contributed by atoms with van der Waals surface area (Å²) in [5, 5.41) is 11.9. The van der Waals surface area contributed by atoms with E-state index < -0.39 is 12.0 Å². The van der Waals surface area contributed by atoms with Gasteiger partial charge >= 0.3 is 5.97 Å². The van der Waals surface area contributed by atoms with E-state index in [0.717, 1.165) is 5.56 Å². The Balaban J connectivity index is 1.74. The summed E-state index contributed by atoms with van der Waals surface area (Å²) in [6.45, 7) is 0.142. The highest BCUT2D eigenvalue weighted by Crippen LogP contribution is 2.34. The maximum absolute atomic E-state index is 12.3. The minimum atomic E-state index is -0.988. The molecule has 0 fully saturated rings. The van der Waals surface area contributed by atoms with Gasteiger partial charge in [-0.05, 0) is 23.3 Å². The molecule has 0 radical (unpaired) electrons. The zero-order chi connectivity index (χ0) is 16.9. The van der Waals surface area contributed by atoms with E-state index in [0.29, 0.717) is 17.1 Å². The molecule has 0 unspecified atom stereocenters. The zero-order valence-corrected chi connectivity index (χ0v) is 12.9. The number of aliphatic carboxylic acids is 1. The van der Waals surface area contributed by atoms with Crippen LogP contribution >= 0.6 is 0 Å². The van der Waals surface area contributed by atoms with Crippen molar-refractivity contribution < 1.29 is 24.2 Å². The molecule has 1 atom stereocenters. The number of benzene rings is 2. The highest BCUT2D eigenvalue weighted by atomic mass is 16.7. The molecule has 0 aliphatic carbocycles. The van der Waals surface area contributed by atoms with Crippen LogP contribution in [0.1, 0.15) is 23.6 Å². The molecule has 124 valence electrons. The third-order valence-corrected chi connectivity index (χ3v) is 3.72. The smallest absolute Gasteiger partial charge is 0.305 e. The maximum Gasteiger partial charge on any atom is 0.305 e. The van der Waals surface area contributed by atoms with Crippen LogP contribution in [0.4, 0.5) is 0 Å². The molecule has 0 spiro atoms. The van der Waals surface area contributed by atoms with Crippen LogP contribution in [0.15, 0.2) is 48.5 Å². The predicted molar refractivity (Wildman–Crippen MR) is 85.8 cm³/mol. The Kier molecular flexibility index (Phi) is 4.65. The number of carbonyl (C=O) groups is 2. The minimum absolute atomic E-state index is 0.142. The molecule has 1 aliphatic heterocycles. The first kappa shape index (κ1) is 15.9. The van der Waals surface area contributed by atoms with Crippen molar-refractivity contribution in [3.8, 4) is 11.5 Å². The quantitative estimate of drug-likeness (QED) is 0.850. The van der Waals surface area contributed by atoms with Crippen molar-refractivity contribution in [3.05, 3.63) is 59.7 Å². The number of rotatable bonds is 6. The number of amides is 1. The van der Waals surface area contributed by atoms with Gasteiger partial charge in [0.2, 0.25) is 12.7 Å². The van der Waals surface area contributed by atoms with Crippen LogP contribution in [0.2, 0.25) is 0 Å². The Morgan fingerprint density at radius 3 is 2.58 bits per heavy atom. The van der Waals surface area contributed by atoms with E-state index in [4.69, 9.17) is 14.6 Å². The molecule has 1 amide bonds. The molecule has 6 heteroatoms. The average molecular weight is 327 g/mol. The number of hydrogen-bond acceptors (Lipinski definition) is 4. The van der Waals surface area contributed by atoms with Crippen LogP contribution in [-0.2, 0) is 16.0 Å². The standard InChI is InChI=1S/C18H17NO5/c20-17(8-12-4-2-1-3-5-12)19-14(10-18(21)22)13-6-7-15-16(9-13)24-11-23-15/h1-7,9,14H,8,10-11H2,(H,19,20)(H,21,22)/t14-/m0/s1. The van der Waals surface area contributed by atoms with E-state index in [9.17, 15) is 9.59 Å². The molecule has 6 nitrogen and oxygen atoms in total. The van der Waals surface area contributed by atoms with E-state index in [1.54, 1.807) is 18.2 Å². The van der Waals surface area contributed by atoms with E-state index in [2.05, 4.69) is 5.32 Å². The number of carboxylic acid groups (broad SMARTS) is 1. The summed E-state index contributed by atoms with van der Waals surface area (Å²) in [4.78, 5) is 23.4. The lowest BCUT2D eigenvalue weighted by Crippen LogP contribution is -2.31. The minimum Gasteiger partial charge on any atom is -0.481 e. The monoisotopic (exact) mass is 327 g/mol. The molecule has 2 aromatic carbocycles. The molecule has 1 heterocycles. The SMILES string of the molecule is O=C(O)C[C@H](NC(=O)Cc1ccccc1)c1ccc2c(c1)OCO2. The summed E-state index contributed by atoms with van der Waals surface area (Å²) in [5.41, 5.74) is 1.54. The van der Waals surface area contributed by atoms with Crippen LogP contribution in [0.25, 0.3) is 0 Å². The highest BCUT2D eigenvalue weighted by molar-refractivity contribution is 5.80. The second kappa shape index (κ2) is 7.04. The molecule has 24 heavy (non-hydrogen) atoms. The summed E-state index contributed by atoms with van der Waals surface area (Å²) in [6, 6.07) is 13.8. The Morgan fingerprint density at radius 1 is 1.08 bits per heavy atom. The number of nitrogens with one attached hydrogen (secondary N) is 1. The van der Waals surface area contributed by atoms with Crippen molar-refractivity contribution >= 4 is 11.9 Å². The first-order valence-corrected chi connectivity index (χ1v) is 7.56. The van der Waals surface area contributed by atoms with Crippen molar-refractivity contribution in [1.82, 2.24) is 5.32 Å². The lowest BCUT2D eigenvalue weighted by Gasteiger charge is -2.18. The zero-order valence-electron chi connectivity index (χ0n) is 12.9. The first-order chi connectivity index (χ1) is 11.6. The summed E-state index contributed by atoms with van der Waals surface area (Å²) >= 11 is 0. The highest BCUT2D eigenvalue weighted by Gasteiger charge is 2.21. The van der Waals surface area contributed by atoms with Gasteiger partial charge in [-0.15, -0.1) is 0 Å².